The van der Waals surface area contributed by atoms with Crippen molar-refractivity contribution in [1.29, 1.82) is 0 Å². The molecule has 1 N–H and O–H groups in total. The molecular formula is C19H17F3N2O3. The molecular weight excluding hydrogens is 361 g/mol. The van der Waals surface area contributed by atoms with Crippen LogP contribution in [0.5, 0.6) is 5.75 Å². The number of halogens is 3. The second-order valence-corrected chi connectivity index (χ2v) is 6.11. The van der Waals surface area contributed by atoms with Crippen molar-refractivity contribution in [3.63, 3.8) is 0 Å². The number of hydrazone groups is 1. The standard InChI is InChI=1S/C19H17F3N2O3/c20-19(21,22)17-10-15(11-18(25)26)24(23-17)14-6-8-16(9-7-14)27-12-13-4-2-1-3-5-13/h1-9,15H,10-12H2,(H,25,26). The molecule has 1 heterocycles. The fraction of sp³-hybridized carbons (Fsp3) is 0.263. The van der Waals surface area contributed by atoms with Crippen molar-refractivity contribution in [2.24, 2.45) is 5.10 Å². The molecule has 1 unspecified atom stereocenters. The Morgan fingerprint density at radius 3 is 2.41 bits per heavy atom. The van der Waals surface area contributed by atoms with Gasteiger partial charge in [-0.1, -0.05) is 30.3 Å². The van der Waals surface area contributed by atoms with Gasteiger partial charge < -0.3 is 9.84 Å². The third-order valence-corrected chi connectivity index (χ3v) is 4.09. The number of carboxylic acids is 1. The molecule has 2 aromatic carbocycles. The van der Waals surface area contributed by atoms with Crippen LogP contribution < -0.4 is 9.75 Å². The van der Waals surface area contributed by atoms with Crippen LogP contribution in [-0.2, 0) is 11.4 Å². The number of aliphatic carboxylic acids is 1. The van der Waals surface area contributed by atoms with E-state index in [9.17, 15) is 18.0 Å². The van der Waals surface area contributed by atoms with E-state index in [1.54, 1.807) is 24.3 Å². The van der Waals surface area contributed by atoms with E-state index in [0.29, 0.717) is 18.0 Å². The van der Waals surface area contributed by atoms with Crippen LogP contribution in [0.25, 0.3) is 0 Å². The predicted octanol–water partition coefficient (Wildman–Crippen LogP) is 4.24. The summed E-state index contributed by atoms with van der Waals surface area (Å²) in [6.07, 6.45) is -5.47. The number of anilines is 1. The lowest BCUT2D eigenvalue weighted by Crippen LogP contribution is -2.29. The highest BCUT2D eigenvalue weighted by Gasteiger charge is 2.43. The minimum Gasteiger partial charge on any atom is -0.489 e. The number of alkyl halides is 3. The van der Waals surface area contributed by atoms with Crippen LogP contribution in [0.4, 0.5) is 18.9 Å². The lowest BCUT2D eigenvalue weighted by Gasteiger charge is -2.22. The van der Waals surface area contributed by atoms with E-state index >= 15 is 0 Å². The van der Waals surface area contributed by atoms with Gasteiger partial charge in [-0.15, -0.1) is 0 Å². The summed E-state index contributed by atoms with van der Waals surface area (Å²) in [7, 11) is 0. The van der Waals surface area contributed by atoms with Gasteiger partial charge in [-0.05, 0) is 29.8 Å². The first-order chi connectivity index (χ1) is 12.8. The quantitative estimate of drug-likeness (QED) is 0.817. The van der Waals surface area contributed by atoms with Crippen LogP contribution in [0.2, 0.25) is 0 Å². The van der Waals surface area contributed by atoms with E-state index in [2.05, 4.69) is 5.10 Å². The molecule has 0 spiro atoms. The van der Waals surface area contributed by atoms with Crippen molar-refractivity contribution >= 4 is 17.4 Å². The molecule has 1 atom stereocenters. The van der Waals surface area contributed by atoms with Gasteiger partial charge in [-0.3, -0.25) is 9.80 Å². The summed E-state index contributed by atoms with van der Waals surface area (Å²) in [5.41, 5.74) is 0.396. The Morgan fingerprint density at radius 2 is 1.81 bits per heavy atom. The van der Waals surface area contributed by atoms with Crippen LogP contribution in [0, 0.1) is 0 Å². The number of hydrogen-bond donors (Lipinski definition) is 1. The Morgan fingerprint density at radius 1 is 1.15 bits per heavy atom. The Labute approximate surface area is 153 Å². The second-order valence-electron chi connectivity index (χ2n) is 6.11. The van der Waals surface area contributed by atoms with Crippen LogP contribution in [0.1, 0.15) is 18.4 Å². The van der Waals surface area contributed by atoms with Crippen molar-refractivity contribution in [3.05, 3.63) is 60.2 Å². The maximum absolute atomic E-state index is 13.0. The van der Waals surface area contributed by atoms with Crippen molar-refractivity contribution < 1.29 is 27.8 Å². The van der Waals surface area contributed by atoms with Crippen LogP contribution in [-0.4, -0.2) is 29.0 Å². The summed E-state index contributed by atoms with van der Waals surface area (Å²) in [6.45, 7) is 0.363. The average Bonchev–Trinajstić information content (AvgIpc) is 3.05. The molecule has 2 aromatic rings. The zero-order valence-electron chi connectivity index (χ0n) is 14.2. The molecule has 0 saturated carbocycles. The first kappa shape index (κ1) is 18.8. The topological polar surface area (TPSA) is 62.1 Å². The Balaban J connectivity index is 1.73. The number of carbonyl (C=O) groups is 1. The monoisotopic (exact) mass is 378 g/mol. The fourth-order valence-corrected chi connectivity index (χ4v) is 2.80. The van der Waals surface area contributed by atoms with Gasteiger partial charge in [0.1, 0.15) is 18.1 Å². The molecule has 0 aromatic heterocycles. The smallest absolute Gasteiger partial charge is 0.431 e. The molecule has 0 saturated heterocycles. The molecule has 0 amide bonds. The number of carboxylic acid groups (broad SMARTS) is 1. The Kier molecular flexibility index (Phi) is 5.34. The summed E-state index contributed by atoms with van der Waals surface area (Å²) in [5.74, 6) is -0.622. The van der Waals surface area contributed by atoms with E-state index in [-0.39, 0.29) is 0 Å². The molecule has 1 aliphatic rings. The van der Waals surface area contributed by atoms with Gasteiger partial charge in [-0.2, -0.15) is 18.3 Å². The van der Waals surface area contributed by atoms with Gasteiger partial charge >= 0.3 is 12.1 Å². The van der Waals surface area contributed by atoms with Gasteiger partial charge in [0, 0.05) is 6.42 Å². The zero-order chi connectivity index (χ0) is 19.4. The highest BCUT2D eigenvalue weighted by atomic mass is 19.4. The summed E-state index contributed by atoms with van der Waals surface area (Å²) in [6, 6.07) is 15.0. The molecule has 0 fully saturated rings. The first-order valence-corrected chi connectivity index (χ1v) is 8.25. The van der Waals surface area contributed by atoms with Crippen molar-refractivity contribution in [1.82, 2.24) is 0 Å². The highest BCUT2D eigenvalue weighted by Crippen LogP contribution is 2.33. The minimum absolute atomic E-state index is 0.363. The summed E-state index contributed by atoms with van der Waals surface area (Å²) in [4.78, 5) is 11.0. The molecule has 5 nitrogen and oxygen atoms in total. The Hall–Kier alpha value is -3.03. The summed E-state index contributed by atoms with van der Waals surface area (Å²) in [5, 5.41) is 13.7. The number of hydrogen-bond acceptors (Lipinski definition) is 4. The van der Waals surface area contributed by atoms with Gasteiger partial charge in [0.2, 0.25) is 0 Å². The number of benzene rings is 2. The van der Waals surface area contributed by atoms with Gasteiger partial charge in [0.25, 0.3) is 0 Å². The number of rotatable bonds is 6. The molecule has 1 aliphatic heterocycles. The van der Waals surface area contributed by atoms with Crippen LogP contribution in [0.3, 0.4) is 0 Å². The van der Waals surface area contributed by atoms with Crippen molar-refractivity contribution in [2.45, 2.75) is 31.7 Å². The lowest BCUT2D eigenvalue weighted by atomic mass is 10.1. The molecule has 0 radical (unpaired) electrons. The Bertz CT molecular complexity index is 820. The van der Waals surface area contributed by atoms with Crippen molar-refractivity contribution in [3.8, 4) is 5.75 Å². The third kappa shape index (κ3) is 4.78. The SMILES string of the molecule is O=C(O)CC1CC(C(F)(F)F)=NN1c1ccc(OCc2ccccc2)cc1. The lowest BCUT2D eigenvalue weighted by molar-refractivity contribution is -0.137. The highest BCUT2D eigenvalue weighted by molar-refractivity contribution is 5.94. The fourth-order valence-electron chi connectivity index (χ4n) is 2.80. The predicted molar refractivity (Wildman–Crippen MR) is 93.8 cm³/mol. The summed E-state index contributed by atoms with van der Waals surface area (Å²) >= 11 is 0. The average molecular weight is 378 g/mol. The minimum atomic E-state index is -4.58. The van der Waals surface area contributed by atoms with E-state index in [4.69, 9.17) is 9.84 Å². The van der Waals surface area contributed by atoms with Crippen LogP contribution >= 0.6 is 0 Å². The maximum atomic E-state index is 13.0. The third-order valence-electron chi connectivity index (χ3n) is 4.09. The number of nitrogens with zero attached hydrogens (tertiary/aromatic N) is 2. The molecule has 27 heavy (non-hydrogen) atoms. The first-order valence-electron chi connectivity index (χ1n) is 8.25. The molecule has 8 heteroatoms. The van der Waals surface area contributed by atoms with E-state index in [0.717, 1.165) is 10.6 Å². The molecule has 0 bridgehead atoms. The number of ether oxygens (including phenoxy) is 1. The molecule has 0 aliphatic carbocycles. The largest absolute Gasteiger partial charge is 0.489 e. The molecule has 3 rings (SSSR count). The van der Waals surface area contributed by atoms with E-state index in [1.807, 2.05) is 30.3 Å². The second kappa shape index (κ2) is 7.69. The van der Waals surface area contributed by atoms with E-state index in [1.165, 1.54) is 0 Å². The van der Waals surface area contributed by atoms with Gasteiger partial charge in [-0.25, -0.2) is 0 Å². The van der Waals surface area contributed by atoms with Crippen molar-refractivity contribution in [2.75, 3.05) is 5.01 Å². The van der Waals surface area contributed by atoms with E-state index < -0.39 is 36.7 Å². The maximum Gasteiger partial charge on any atom is 0.431 e. The van der Waals surface area contributed by atoms with Gasteiger partial charge in [0.05, 0.1) is 18.2 Å². The van der Waals surface area contributed by atoms with Crippen LogP contribution in [0.15, 0.2) is 59.7 Å². The summed E-state index contributed by atoms with van der Waals surface area (Å²) < 4.78 is 44.5. The normalized spacial score (nSPS) is 16.9. The molecule has 142 valence electrons. The van der Waals surface area contributed by atoms with Gasteiger partial charge in [0.15, 0.2) is 0 Å². The zero-order valence-corrected chi connectivity index (χ0v) is 14.2.